The van der Waals surface area contributed by atoms with Gasteiger partial charge in [-0.15, -0.1) is 12.4 Å². The molecule has 156 valence electrons. The molecular formula is C21H28Cl3NO3. The lowest BCUT2D eigenvalue weighted by molar-refractivity contribution is 0.269. The molecule has 2 rings (SSSR count). The monoisotopic (exact) mass is 447 g/mol. The number of nitrogens with one attached hydrogen (secondary N) is 1. The number of rotatable bonds is 12. The lowest BCUT2D eigenvalue weighted by Gasteiger charge is -2.16. The van der Waals surface area contributed by atoms with Crippen LogP contribution in [-0.4, -0.2) is 24.9 Å². The van der Waals surface area contributed by atoms with Gasteiger partial charge in [0.25, 0.3) is 0 Å². The molecule has 0 fully saturated rings. The number of ether oxygens (including phenoxy) is 2. The van der Waals surface area contributed by atoms with E-state index in [0.717, 1.165) is 36.9 Å². The van der Waals surface area contributed by atoms with Crippen LogP contribution >= 0.6 is 35.6 Å². The molecule has 2 aromatic carbocycles. The van der Waals surface area contributed by atoms with Crippen LogP contribution in [0.1, 0.15) is 37.3 Å². The Bertz CT molecular complexity index is 696. The van der Waals surface area contributed by atoms with Gasteiger partial charge >= 0.3 is 0 Å². The van der Waals surface area contributed by atoms with E-state index in [9.17, 15) is 0 Å². The smallest absolute Gasteiger partial charge is 0.180 e. The summed E-state index contributed by atoms with van der Waals surface area (Å²) in [5.74, 6) is 1.20. The summed E-state index contributed by atoms with van der Waals surface area (Å²) in [7, 11) is 0. The summed E-state index contributed by atoms with van der Waals surface area (Å²) in [6.07, 6.45) is 2.91. The highest BCUT2D eigenvalue weighted by atomic mass is 35.5. The van der Waals surface area contributed by atoms with Crippen LogP contribution in [0, 0.1) is 0 Å². The lowest BCUT2D eigenvalue weighted by Crippen LogP contribution is -2.15. The van der Waals surface area contributed by atoms with Gasteiger partial charge in [-0.25, -0.2) is 0 Å². The van der Waals surface area contributed by atoms with Crippen molar-refractivity contribution in [1.29, 1.82) is 0 Å². The summed E-state index contributed by atoms with van der Waals surface area (Å²) >= 11 is 12.4. The first kappa shape index (κ1) is 24.9. The Labute approximate surface area is 183 Å². The number of benzene rings is 2. The molecule has 2 aromatic rings. The van der Waals surface area contributed by atoms with Crippen molar-refractivity contribution in [2.24, 2.45) is 0 Å². The van der Waals surface area contributed by atoms with Gasteiger partial charge < -0.3 is 19.9 Å². The van der Waals surface area contributed by atoms with Gasteiger partial charge in [0.05, 0.1) is 11.6 Å². The molecule has 0 aromatic heterocycles. The van der Waals surface area contributed by atoms with Crippen molar-refractivity contribution in [2.45, 2.75) is 39.3 Å². The predicted octanol–water partition coefficient (Wildman–Crippen LogP) is 5.65. The minimum atomic E-state index is 0. The second-order valence-corrected chi connectivity index (χ2v) is 7.06. The molecule has 0 radical (unpaired) electrons. The molecule has 0 unspecified atom stereocenters. The summed E-state index contributed by atoms with van der Waals surface area (Å²) in [6.45, 7) is 4.71. The number of unbranched alkanes of at least 4 members (excludes halogenated alkanes) is 2. The zero-order valence-corrected chi connectivity index (χ0v) is 18.4. The first-order chi connectivity index (χ1) is 13.1. The fourth-order valence-corrected chi connectivity index (χ4v) is 3.05. The van der Waals surface area contributed by atoms with E-state index in [1.54, 1.807) is 0 Å². The third-order valence-corrected chi connectivity index (χ3v) is 4.54. The molecule has 0 heterocycles. The highest BCUT2D eigenvalue weighted by Gasteiger charge is 2.13. The number of hydrogen-bond acceptors (Lipinski definition) is 4. The van der Waals surface area contributed by atoms with Crippen LogP contribution in [0.3, 0.4) is 0 Å². The third-order valence-electron chi connectivity index (χ3n) is 4.01. The Morgan fingerprint density at radius 1 is 0.964 bits per heavy atom. The molecule has 0 amide bonds. The van der Waals surface area contributed by atoms with E-state index in [2.05, 4.69) is 5.32 Å². The summed E-state index contributed by atoms with van der Waals surface area (Å²) in [6, 6.07) is 11.4. The molecule has 0 aliphatic carbocycles. The zero-order chi connectivity index (χ0) is 19.5. The fraction of sp³-hybridized carbons (Fsp3) is 0.429. The summed E-state index contributed by atoms with van der Waals surface area (Å²) < 4.78 is 11.7. The number of aliphatic hydroxyl groups is 1. The van der Waals surface area contributed by atoms with Crippen LogP contribution in [0.25, 0.3) is 0 Å². The maximum Gasteiger partial charge on any atom is 0.180 e. The van der Waals surface area contributed by atoms with Crippen LogP contribution in [0.5, 0.6) is 11.5 Å². The number of halogens is 3. The van der Waals surface area contributed by atoms with Gasteiger partial charge in [0.1, 0.15) is 6.61 Å². The number of aliphatic hydroxyl groups excluding tert-OH is 1. The number of hydrogen-bond donors (Lipinski definition) is 2. The van der Waals surface area contributed by atoms with Crippen molar-refractivity contribution >= 4 is 35.6 Å². The molecule has 0 saturated carbocycles. The SMILES string of the molecule is CCOc1cc(CNCCCCCO)cc(Cl)c1OCc1ccc(Cl)cc1.Cl. The normalized spacial score (nSPS) is 10.4. The van der Waals surface area contributed by atoms with Gasteiger partial charge in [0, 0.05) is 18.2 Å². The first-order valence-corrected chi connectivity index (χ1v) is 10.0. The Balaban J connectivity index is 0.00000392. The van der Waals surface area contributed by atoms with Gasteiger partial charge in [0.2, 0.25) is 0 Å². The Hall–Kier alpha value is -1.17. The topological polar surface area (TPSA) is 50.7 Å². The molecule has 0 aliphatic rings. The van der Waals surface area contributed by atoms with Crippen molar-refractivity contribution in [2.75, 3.05) is 19.8 Å². The summed E-state index contributed by atoms with van der Waals surface area (Å²) in [5.41, 5.74) is 2.05. The van der Waals surface area contributed by atoms with Crippen LogP contribution in [0.4, 0.5) is 0 Å². The van der Waals surface area contributed by atoms with E-state index >= 15 is 0 Å². The second-order valence-electron chi connectivity index (χ2n) is 6.21. The first-order valence-electron chi connectivity index (χ1n) is 9.28. The predicted molar refractivity (Wildman–Crippen MR) is 118 cm³/mol. The average molecular weight is 449 g/mol. The largest absolute Gasteiger partial charge is 0.490 e. The summed E-state index contributed by atoms with van der Waals surface area (Å²) in [5, 5.41) is 13.4. The molecule has 7 heteroatoms. The molecule has 0 bridgehead atoms. The molecule has 0 atom stereocenters. The zero-order valence-electron chi connectivity index (χ0n) is 16.0. The van der Waals surface area contributed by atoms with Crippen LogP contribution in [0.15, 0.2) is 36.4 Å². The van der Waals surface area contributed by atoms with Crippen LogP contribution in [0.2, 0.25) is 10.0 Å². The highest BCUT2D eigenvalue weighted by Crippen LogP contribution is 2.37. The fourth-order valence-electron chi connectivity index (χ4n) is 2.63. The Kier molecular flexibility index (Phi) is 12.4. The van der Waals surface area contributed by atoms with Crippen molar-refractivity contribution in [1.82, 2.24) is 5.32 Å². The molecule has 2 N–H and O–H groups in total. The standard InChI is InChI=1S/C21H27Cl2NO3.ClH/c1-2-26-20-13-17(14-24-10-4-3-5-11-25)12-19(23)21(20)27-15-16-6-8-18(22)9-7-16;/h6-9,12-13,24-25H,2-5,10-11,14-15H2,1H3;1H. The molecule has 0 saturated heterocycles. The molecule has 0 spiro atoms. The molecular weight excluding hydrogens is 421 g/mol. The van der Waals surface area contributed by atoms with E-state index in [-0.39, 0.29) is 19.0 Å². The molecule has 28 heavy (non-hydrogen) atoms. The van der Waals surface area contributed by atoms with Crippen LogP contribution in [-0.2, 0) is 13.2 Å². The van der Waals surface area contributed by atoms with Gasteiger partial charge in [-0.1, -0.05) is 35.3 Å². The lowest BCUT2D eigenvalue weighted by atomic mass is 10.2. The van der Waals surface area contributed by atoms with Crippen molar-refractivity contribution in [3.63, 3.8) is 0 Å². The van der Waals surface area contributed by atoms with E-state index in [1.165, 1.54) is 0 Å². The van der Waals surface area contributed by atoms with E-state index in [0.29, 0.717) is 41.3 Å². The van der Waals surface area contributed by atoms with Crippen LogP contribution < -0.4 is 14.8 Å². The Morgan fingerprint density at radius 3 is 2.39 bits per heavy atom. The molecule has 4 nitrogen and oxygen atoms in total. The summed E-state index contributed by atoms with van der Waals surface area (Å²) in [4.78, 5) is 0. The van der Waals surface area contributed by atoms with Crippen molar-refractivity contribution < 1.29 is 14.6 Å². The maximum atomic E-state index is 8.80. The van der Waals surface area contributed by atoms with Crippen molar-refractivity contribution in [3.8, 4) is 11.5 Å². The Morgan fingerprint density at radius 2 is 1.71 bits per heavy atom. The van der Waals surface area contributed by atoms with E-state index in [4.69, 9.17) is 37.8 Å². The van der Waals surface area contributed by atoms with Gasteiger partial charge in [0.15, 0.2) is 11.5 Å². The second kappa shape index (κ2) is 13.9. The van der Waals surface area contributed by atoms with Gasteiger partial charge in [-0.3, -0.25) is 0 Å². The maximum absolute atomic E-state index is 8.80. The van der Waals surface area contributed by atoms with Gasteiger partial charge in [-0.2, -0.15) is 0 Å². The average Bonchev–Trinajstić information content (AvgIpc) is 2.65. The van der Waals surface area contributed by atoms with Gasteiger partial charge in [-0.05, 0) is 68.1 Å². The minimum absolute atomic E-state index is 0. The minimum Gasteiger partial charge on any atom is -0.490 e. The molecule has 0 aliphatic heterocycles. The van der Waals surface area contributed by atoms with Crippen molar-refractivity contribution in [3.05, 3.63) is 57.6 Å². The third kappa shape index (κ3) is 8.46. The quantitative estimate of drug-likeness (QED) is 0.412. The van der Waals surface area contributed by atoms with E-state index < -0.39 is 0 Å². The van der Waals surface area contributed by atoms with E-state index in [1.807, 2.05) is 43.3 Å². The highest BCUT2D eigenvalue weighted by molar-refractivity contribution is 6.32.